The lowest BCUT2D eigenvalue weighted by atomic mass is 9.90. The lowest BCUT2D eigenvalue weighted by Crippen LogP contribution is -2.24. The Morgan fingerprint density at radius 3 is 2.88 bits per heavy atom. The summed E-state index contributed by atoms with van der Waals surface area (Å²) in [6, 6.07) is 12.3. The van der Waals surface area contributed by atoms with E-state index in [4.69, 9.17) is 9.72 Å². The zero-order valence-corrected chi connectivity index (χ0v) is 18.4. The van der Waals surface area contributed by atoms with Crippen LogP contribution in [0.5, 0.6) is 0 Å². The van der Waals surface area contributed by atoms with Crippen LogP contribution in [0.3, 0.4) is 0 Å². The summed E-state index contributed by atoms with van der Waals surface area (Å²) in [5.74, 6) is 1.31. The molecule has 0 radical (unpaired) electrons. The largest absolute Gasteiger partial charge is 0.445 e. The van der Waals surface area contributed by atoms with E-state index in [1.807, 2.05) is 38.2 Å². The number of fused-ring (bicyclic) bond motifs is 2. The summed E-state index contributed by atoms with van der Waals surface area (Å²) in [5, 5.41) is 9.68. The Kier molecular flexibility index (Phi) is 5.39. The Morgan fingerprint density at radius 2 is 1.97 bits per heavy atom. The predicted molar refractivity (Wildman–Crippen MR) is 125 cm³/mol. The first-order chi connectivity index (χ1) is 15.6. The molecule has 3 N–H and O–H groups in total. The molecule has 1 amide bonds. The van der Waals surface area contributed by atoms with E-state index in [-0.39, 0.29) is 12.6 Å². The van der Waals surface area contributed by atoms with Gasteiger partial charge in [0.25, 0.3) is 0 Å². The van der Waals surface area contributed by atoms with Crippen molar-refractivity contribution in [2.75, 3.05) is 10.6 Å². The highest BCUT2D eigenvalue weighted by atomic mass is 16.5. The van der Waals surface area contributed by atoms with E-state index in [0.29, 0.717) is 5.95 Å². The molecule has 0 spiro atoms. The van der Waals surface area contributed by atoms with E-state index in [9.17, 15) is 4.79 Å². The molecule has 32 heavy (non-hydrogen) atoms. The molecule has 0 saturated carbocycles. The molecule has 164 valence electrons. The minimum atomic E-state index is -0.399. The predicted octanol–water partition coefficient (Wildman–Crippen LogP) is 5.45. The van der Waals surface area contributed by atoms with E-state index in [0.717, 1.165) is 46.7 Å². The highest BCUT2D eigenvalue weighted by Gasteiger charge is 2.20. The van der Waals surface area contributed by atoms with Gasteiger partial charge in [0.05, 0.1) is 6.04 Å². The van der Waals surface area contributed by atoms with Crippen LogP contribution in [0, 0.1) is 6.92 Å². The number of aryl methyl sites for hydroxylation is 2. The Balaban J connectivity index is 1.39. The molecule has 0 fully saturated rings. The summed E-state index contributed by atoms with van der Waals surface area (Å²) < 4.78 is 5.18. The summed E-state index contributed by atoms with van der Waals surface area (Å²) in [4.78, 5) is 20.9. The van der Waals surface area contributed by atoms with Gasteiger partial charge in [-0.2, -0.15) is 4.98 Å². The smallest absolute Gasteiger partial charge is 0.407 e. The number of rotatable bonds is 4. The molecule has 1 aliphatic carbocycles. The molecule has 0 saturated heterocycles. The van der Waals surface area contributed by atoms with Crippen molar-refractivity contribution in [1.29, 1.82) is 0 Å². The third kappa shape index (κ3) is 4.10. The zero-order valence-electron chi connectivity index (χ0n) is 18.4. The van der Waals surface area contributed by atoms with E-state index in [1.54, 1.807) is 0 Å². The number of nitrogens with zero attached hydrogens (tertiary/aromatic N) is 2. The second-order valence-corrected chi connectivity index (χ2v) is 8.48. The van der Waals surface area contributed by atoms with Crippen molar-refractivity contribution >= 4 is 29.2 Å². The minimum Gasteiger partial charge on any atom is -0.445 e. The molecular formula is C25H27N5O2. The van der Waals surface area contributed by atoms with E-state index in [2.05, 4.69) is 39.1 Å². The second-order valence-electron chi connectivity index (χ2n) is 8.48. The fourth-order valence-electron chi connectivity index (χ4n) is 4.43. The van der Waals surface area contributed by atoms with Crippen molar-refractivity contribution < 1.29 is 9.53 Å². The van der Waals surface area contributed by atoms with Gasteiger partial charge in [0.2, 0.25) is 5.95 Å². The molecule has 0 bridgehead atoms. The number of carbonyl (C=O) groups is 1. The number of amides is 1. The molecule has 1 atom stereocenters. The number of anilines is 4. The Morgan fingerprint density at radius 1 is 1.09 bits per heavy atom. The topological polar surface area (TPSA) is 88.2 Å². The van der Waals surface area contributed by atoms with Gasteiger partial charge in [0, 0.05) is 23.1 Å². The van der Waals surface area contributed by atoms with Crippen LogP contribution in [0.25, 0.3) is 0 Å². The van der Waals surface area contributed by atoms with Gasteiger partial charge < -0.3 is 20.7 Å². The summed E-state index contributed by atoms with van der Waals surface area (Å²) in [7, 11) is 0. The van der Waals surface area contributed by atoms with Gasteiger partial charge in [0.15, 0.2) is 0 Å². The molecule has 3 aromatic rings. The van der Waals surface area contributed by atoms with Crippen molar-refractivity contribution in [2.45, 2.75) is 52.2 Å². The molecule has 5 rings (SSSR count). The van der Waals surface area contributed by atoms with Gasteiger partial charge in [-0.15, -0.1) is 0 Å². The van der Waals surface area contributed by atoms with E-state index >= 15 is 0 Å². The second kappa shape index (κ2) is 8.49. The van der Waals surface area contributed by atoms with Crippen molar-refractivity contribution in [3.63, 3.8) is 0 Å². The van der Waals surface area contributed by atoms with Gasteiger partial charge in [-0.05, 0) is 80.0 Å². The minimum absolute atomic E-state index is 0.137. The highest BCUT2D eigenvalue weighted by Crippen LogP contribution is 2.31. The summed E-state index contributed by atoms with van der Waals surface area (Å²) in [6.45, 7) is 4.22. The van der Waals surface area contributed by atoms with Crippen LogP contribution in [0.15, 0.2) is 42.6 Å². The number of aromatic nitrogens is 2. The van der Waals surface area contributed by atoms with Crippen molar-refractivity contribution in [2.24, 2.45) is 0 Å². The number of carbonyl (C=O) groups excluding carboxylic acids is 1. The highest BCUT2D eigenvalue weighted by molar-refractivity contribution is 5.70. The fourth-order valence-corrected chi connectivity index (χ4v) is 4.43. The number of nitrogens with one attached hydrogen (secondary N) is 3. The molecule has 2 aliphatic rings. The molecule has 7 nitrogen and oxygen atoms in total. The molecule has 2 aromatic carbocycles. The third-order valence-electron chi connectivity index (χ3n) is 6.18. The van der Waals surface area contributed by atoms with Gasteiger partial charge in [0.1, 0.15) is 12.4 Å². The molecular weight excluding hydrogens is 402 g/mol. The average molecular weight is 430 g/mol. The summed E-state index contributed by atoms with van der Waals surface area (Å²) in [6.07, 6.45) is 6.15. The normalized spacial score (nSPS) is 17.3. The Hall–Kier alpha value is -3.61. The maximum absolute atomic E-state index is 11.7. The fraction of sp³-hybridized carbons (Fsp3) is 0.320. The number of cyclic esters (lactones) is 1. The maximum atomic E-state index is 11.7. The lowest BCUT2D eigenvalue weighted by molar-refractivity contribution is 0.141. The lowest BCUT2D eigenvalue weighted by Gasteiger charge is -2.20. The van der Waals surface area contributed by atoms with Crippen LogP contribution in [0.1, 0.15) is 53.6 Å². The number of hydrogen-bond acceptors (Lipinski definition) is 6. The van der Waals surface area contributed by atoms with Gasteiger partial charge in [-0.3, -0.25) is 0 Å². The number of hydrogen-bond donors (Lipinski definition) is 3. The maximum Gasteiger partial charge on any atom is 0.407 e. The van der Waals surface area contributed by atoms with Crippen LogP contribution in [0.2, 0.25) is 0 Å². The Labute approximate surface area is 187 Å². The van der Waals surface area contributed by atoms with Gasteiger partial charge in [-0.25, -0.2) is 9.78 Å². The standard InChI is InChI=1S/C25H27N5O2/c1-15-13-26-24(28-19-11-10-18-14-32-25(31)27-16(2)21(18)12-19)30-23(15)29-22-9-5-7-17-6-3-4-8-20(17)22/h5,7,9-13,16H,3-4,6,8,14H2,1-2H3,(H,27,31)(H2,26,28,29,30)/t16-/m1/s1. The molecule has 2 heterocycles. The van der Waals surface area contributed by atoms with E-state index < -0.39 is 6.09 Å². The quantitative estimate of drug-likeness (QED) is 0.511. The molecule has 1 aliphatic heterocycles. The van der Waals surface area contributed by atoms with Crippen LogP contribution < -0.4 is 16.0 Å². The first-order valence-electron chi connectivity index (χ1n) is 11.1. The summed E-state index contributed by atoms with van der Waals surface area (Å²) >= 11 is 0. The van der Waals surface area contributed by atoms with Crippen LogP contribution in [-0.4, -0.2) is 16.1 Å². The molecule has 0 unspecified atom stereocenters. The monoisotopic (exact) mass is 429 g/mol. The first kappa shape index (κ1) is 20.3. The average Bonchev–Trinajstić information content (AvgIpc) is 2.94. The zero-order chi connectivity index (χ0) is 22.1. The number of alkyl carbamates (subject to hydrolysis) is 1. The van der Waals surface area contributed by atoms with Gasteiger partial charge in [-0.1, -0.05) is 18.2 Å². The molecule has 7 heteroatoms. The van der Waals surface area contributed by atoms with Crippen LogP contribution in [-0.2, 0) is 24.2 Å². The first-order valence-corrected chi connectivity index (χ1v) is 11.1. The van der Waals surface area contributed by atoms with E-state index in [1.165, 1.54) is 24.0 Å². The third-order valence-corrected chi connectivity index (χ3v) is 6.18. The number of ether oxygens (including phenoxy) is 1. The van der Waals surface area contributed by atoms with Gasteiger partial charge >= 0.3 is 6.09 Å². The van der Waals surface area contributed by atoms with Crippen molar-refractivity contribution in [3.05, 3.63) is 70.4 Å². The SMILES string of the molecule is Cc1cnc(Nc2ccc3c(c2)[C@@H](C)NC(=O)OC3)nc1Nc1cccc2c1CCCC2. The Bertz CT molecular complexity index is 1180. The van der Waals surface area contributed by atoms with Crippen molar-refractivity contribution in [3.8, 4) is 0 Å². The van der Waals surface area contributed by atoms with Crippen LogP contribution >= 0.6 is 0 Å². The molecule has 1 aromatic heterocycles. The van der Waals surface area contributed by atoms with Crippen molar-refractivity contribution in [1.82, 2.24) is 15.3 Å². The van der Waals surface area contributed by atoms with Crippen LogP contribution in [0.4, 0.5) is 27.9 Å². The number of benzene rings is 2. The summed E-state index contributed by atoms with van der Waals surface area (Å²) in [5.41, 5.74) is 7.81.